The average molecular weight is 385 g/mol. The predicted octanol–water partition coefficient (Wildman–Crippen LogP) is 2.59. The van der Waals surface area contributed by atoms with Gasteiger partial charge < -0.3 is 15.5 Å². The number of amides is 1. The fourth-order valence-corrected chi connectivity index (χ4v) is 3.91. The Morgan fingerprint density at radius 1 is 1.17 bits per heavy atom. The van der Waals surface area contributed by atoms with Crippen LogP contribution in [0, 0.1) is 0 Å². The zero-order valence-corrected chi connectivity index (χ0v) is 16.0. The number of aryl methyl sites for hydroxylation is 1. The van der Waals surface area contributed by atoms with Crippen LogP contribution < -0.4 is 11.1 Å². The molecule has 1 amide bonds. The number of hydrogen-bond acceptors (Lipinski definition) is 6. The molecule has 1 atom stereocenters. The largest absolute Gasteiger partial charge is 0.383 e. The van der Waals surface area contributed by atoms with Crippen LogP contribution in [0.4, 0.5) is 11.6 Å². The molecular formula is C21H19N7O. The number of benzene rings is 1. The van der Waals surface area contributed by atoms with Crippen LogP contribution in [0.5, 0.6) is 0 Å². The molecule has 0 bridgehead atoms. The van der Waals surface area contributed by atoms with Crippen molar-refractivity contribution in [3.8, 4) is 11.5 Å². The standard InChI is InChI=1S/C21H19N7O/c1-3-13-19-23-9-10-28(19)11-14(24-13)17-25-16(22)15-18(26-17)27-20(29)21(15,2)12-7-5-4-6-8-12/h4-11H,3H2,1-2H3,(H3,22,25,26,27,29). The second kappa shape index (κ2) is 6.10. The van der Waals surface area contributed by atoms with Crippen molar-refractivity contribution in [2.24, 2.45) is 0 Å². The number of rotatable bonds is 3. The van der Waals surface area contributed by atoms with Gasteiger partial charge in [0.1, 0.15) is 22.7 Å². The van der Waals surface area contributed by atoms with Crippen molar-refractivity contribution in [2.45, 2.75) is 25.7 Å². The Kier molecular flexibility index (Phi) is 3.64. The van der Waals surface area contributed by atoms with E-state index in [0.29, 0.717) is 22.9 Å². The molecule has 1 unspecified atom stereocenters. The molecule has 3 aromatic heterocycles. The molecule has 0 saturated carbocycles. The summed E-state index contributed by atoms with van der Waals surface area (Å²) in [5, 5.41) is 2.88. The lowest BCUT2D eigenvalue weighted by Gasteiger charge is -2.23. The molecule has 5 rings (SSSR count). The van der Waals surface area contributed by atoms with Gasteiger partial charge in [0.2, 0.25) is 5.91 Å². The quantitative estimate of drug-likeness (QED) is 0.561. The first-order valence-electron chi connectivity index (χ1n) is 9.40. The average Bonchev–Trinajstić information content (AvgIpc) is 3.31. The zero-order valence-electron chi connectivity index (χ0n) is 16.0. The molecule has 3 N–H and O–H groups in total. The van der Waals surface area contributed by atoms with Crippen LogP contribution in [0.15, 0.2) is 48.9 Å². The van der Waals surface area contributed by atoms with Crippen LogP contribution in [0.1, 0.15) is 30.7 Å². The van der Waals surface area contributed by atoms with Gasteiger partial charge in [-0.1, -0.05) is 37.3 Å². The second-order valence-corrected chi connectivity index (χ2v) is 7.19. The molecule has 1 aliphatic heterocycles. The Morgan fingerprint density at radius 3 is 2.72 bits per heavy atom. The summed E-state index contributed by atoms with van der Waals surface area (Å²) in [6.07, 6.45) is 6.11. The number of nitrogens with zero attached hydrogens (tertiary/aromatic N) is 5. The second-order valence-electron chi connectivity index (χ2n) is 7.19. The highest BCUT2D eigenvalue weighted by atomic mass is 16.2. The van der Waals surface area contributed by atoms with Gasteiger partial charge in [-0.15, -0.1) is 0 Å². The van der Waals surface area contributed by atoms with Crippen molar-refractivity contribution < 1.29 is 4.79 Å². The highest BCUT2D eigenvalue weighted by molar-refractivity contribution is 6.09. The molecule has 8 nitrogen and oxygen atoms in total. The van der Waals surface area contributed by atoms with Gasteiger partial charge in [0.05, 0.1) is 11.3 Å². The van der Waals surface area contributed by atoms with Gasteiger partial charge in [-0.25, -0.2) is 19.9 Å². The highest BCUT2D eigenvalue weighted by Crippen LogP contribution is 2.44. The van der Waals surface area contributed by atoms with Crippen molar-refractivity contribution in [1.82, 2.24) is 24.3 Å². The van der Waals surface area contributed by atoms with E-state index in [1.807, 2.05) is 61.0 Å². The van der Waals surface area contributed by atoms with Gasteiger partial charge >= 0.3 is 0 Å². The maximum absolute atomic E-state index is 12.9. The first kappa shape index (κ1) is 17.3. The number of anilines is 2. The first-order valence-corrected chi connectivity index (χ1v) is 9.40. The van der Waals surface area contributed by atoms with Gasteiger partial charge in [-0.05, 0) is 18.9 Å². The van der Waals surface area contributed by atoms with Gasteiger partial charge in [0.15, 0.2) is 11.5 Å². The maximum atomic E-state index is 12.9. The third kappa shape index (κ3) is 2.42. The Labute approximate surface area is 166 Å². The SMILES string of the molecule is CCc1nc(-c2nc(N)c3c(n2)NC(=O)C3(C)c2ccccc2)cn2ccnc12. The van der Waals surface area contributed by atoms with E-state index >= 15 is 0 Å². The van der Waals surface area contributed by atoms with Crippen molar-refractivity contribution in [1.29, 1.82) is 0 Å². The molecule has 144 valence electrons. The van der Waals surface area contributed by atoms with E-state index in [2.05, 4.69) is 25.3 Å². The van der Waals surface area contributed by atoms with Crippen molar-refractivity contribution in [3.63, 3.8) is 0 Å². The van der Waals surface area contributed by atoms with Crippen LogP contribution >= 0.6 is 0 Å². The zero-order chi connectivity index (χ0) is 20.2. The van der Waals surface area contributed by atoms with Crippen LogP contribution in [0.3, 0.4) is 0 Å². The first-order chi connectivity index (χ1) is 14.0. The number of carbonyl (C=O) groups excluding carboxylic acids is 1. The molecule has 1 aromatic carbocycles. The molecule has 8 heteroatoms. The molecule has 29 heavy (non-hydrogen) atoms. The monoisotopic (exact) mass is 385 g/mol. The van der Waals surface area contributed by atoms with Gasteiger partial charge in [0, 0.05) is 18.6 Å². The lowest BCUT2D eigenvalue weighted by molar-refractivity contribution is -0.119. The van der Waals surface area contributed by atoms with E-state index in [9.17, 15) is 4.79 Å². The summed E-state index contributed by atoms with van der Waals surface area (Å²) in [6, 6.07) is 9.52. The van der Waals surface area contributed by atoms with E-state index in [4.69, 9.17) is 5.73 Å². The number of carbonyl (C=O) groups is 1. The van der Waals surface area contributed by atoms with Crippen LogP contribution in [-0.4, -0.2) is 30.2 Å². The number of nitrogen functional groups attached to an aromatic ring is 1. The molecule has 0 spiro atoms. The number of nitrogens with two attached hydrogens (primary N) is 1. The molecule has 0 radical (unpaired) electrons. The number of nitrogens with one attached hydrogen (secondary N) is 1. The predicted molar refractivity (Wildman–Crippen MR) is 109 cm³/mol. The summed E-state index contributed by atoms with van der Waals surface area (Å²) in [7, 11) is 0. The Hall–Kier alpha value is -3.81. The van der Waals surface area contributed by atoms with E-state index in [1.165, 1.54) is 0 Å². The van der Waals surface area contributed by atoms with Gasteiger partial charge in [-0.3, -0.25) is 4.79 Å². The molecule has 0 fully saturated rings. The molecule has 1 aliphatic rings. The molecule has 4 aromatic rings. The van der Waals surface area contributed by atoms with Crippen molar-refractivity contribution >= 4 is 23.2 Å². The third-order valence-corrected chi connectivity index (χ3v) is 5.48. The van der Waals surface area contributed by atoms with Crippen molar-refractivity contribution in [3.05, 3.63) is 65.7 Å². The third-order valence-electron chi connectivity index (χ3n) is 5.48. The fourth-order valence-electron chi connectivity index (χ4n) is 3.91. The number of hydrogen-bond donors (Lipinski definition) is 2. The summed E-state index contributed by atoms with van der Waals surface area (Å²) in [5.74, 6) is 0.878. The minimum absolute atomic E-state index is 0.177. The Morgan fingerprint density at radius 2 is 1.97 bits per heavy atom. The van der Waals surface area contributed by atoms with E-state index in [1.54, 1.807) is 6.20 Å². The minimum Gasteiger partial charge on any atom is -0.383 e. The lowest BCUT2D eigenvalue weighted by Crippen LogP contribution is -2.32. The van der Waals surface area contributed by atoms with Gasteiger partial charge in [0.25, 0.3) is 0 Å². The van der Waals surface area contributed by atoms with Crippen LogP contribution in [-0.2, 0) is 16.6 Å². The topological polar surface area (TPSA) is 111 Å². The molecular weight excluding hydrogens is 366 g/mol. The number of fused-ring (bicyclic) bond motifs is 2. The van der Waals surface area contributed by atoms with E-state index in [0.717, 1.165) is 23.3 Å². The smallest absolute Gasteiger partial charge is 0.240 e. The lowest BCUT2D eigenvalue weighted by atomic mass is 9.78. The van der Waals surface area contributed by atoms with Crippen LogP contribution in [0.2, 0.25) is 0 Å². The minimum atomic E-state index is -0.949. The molecule has 0 saturated heterocycles. The van der Waals surface area contributed by atoms with Crippen molar-refractivity contribution in [2.75, 3.05) is 11.1 Å². The summed E-state index contributed by atoms with van der Waals surface area (Å²) in [4.78, 5) is 31.1. The normalized spacial score (nSPS) is 18.1. The Balaban J connectivity index is 1.69. The van der Waals surface area contributed by atoms with Crippen LogP contribution in [0.25, 0.3) is 17.2 Å². The van der Waals surface area contributed by atoms with E-state index < -0.39 is 5.41 Å². The summed E-state index contributed by atoms with van der Waals surface area (Å²) < 4.78 is 1.89. The molecule has 0 aliphatic carbocycles. The maximum Gasteiger partial charge on any atom is 0.240 e. The molecule has 4 heterocycles. The fraction of sp³-hybridized carbons (Fsp3) is 0.190. The number of imidazole rings is 1. The van der Waals surface area contributed by atoms with Gasteiger partial charge in [-0.2, -0.15) is 0 Å². The Bertz CT molecular complexity index is 1270. The van der Waals surface area contributed by atoms with E-state index in [-0.39, 0.29) is 11.7 Å². The summed E-state index contributed by atoms with van der Waals surface area (Å²) in [5.41, 5.74) is 9.06. The summed E-state index contributed by atoms with van der Waals surface area (Å²) in [6.45, 7) is 3.86. The highest BCUT2D eigenvalue weighted by Gasteiger charge is 2.47. The summed E-state index contributed by atoms with van der Waals surface area (Å²) >= 11 is 0. The number of aromatic nitrogens is 5.